The number of fused-ring (bicyclic) bond motifs is 3. The van der Waals surface area contributed by atoms with E-state index in [-0.39, 0.29) is 6.04 Å². The van der Waals surface area contributed by atoms with Crippen LogP contribution in [0, 0.1) is 0 Å². The fourth-order valence-corrected chi connectivity index (χ4v) is 3.88. The summed E-state index contributed by atoms with van der Waals surface area (Å²) in [7, 11) is 0. The quantitative estimate of drug-likeness (QED) is 0.507. The van der Waals surface area contributed by atoms with E-state index in [1.165, 1.54) is 27.4 Å². The number of rotatable bonds is 6. The van der Waals surface area contributed by atoms with Gasteiger partial charge in [0, 0.05) is 40.9 Å². The Morgan fingerprint density at radius 1 is 0.889 bits per heavy atom. The fourth-order valence-electron chi connectivity index (χ4n) is 3.88. The first-order valence-electron chi connectivity index (χ1n) is 9.65. The molecule has 1 aromatic heterocycles. The maximum absolute atomic E-state index is 10.5. The minimum absolute atomic E-state index is 0.0277. The van der Waals surface area contributed by atoms with Crippen molar-refractivity contribution in [2.75, 3.05) is 0 Å². The molecular formula is C24H26N2O. The normalized spacial score (nSPS) is 13.9. The van der Waals surface area contributed by atoms with E-state index in [1.807, 2.05) is 37.3 Å². The molecule has 0 fully saturated rings. The number of hydrogen-bond donors (Lipinski definition) is 2. The van der Waals surface area contributed by atoms with Gasteiger partial charge in [-0.1, -0.05) is 54.6 Å². The fraction of sp³-hybridized carbons (Fsp3) is 0.250. The van der Waals surface area contributed by atoms with Crippen molar-refractivity contribution in [1.29, 1.82) is 0 Å². The number of aliphatic hydroxyl groups is 1. The Labute approximate surface area is 160 Å². The average molecular weight is 358 g/mol. The molecule has 4 aromatic rings. The van der Waals surface area contributed by atoms with Crippen LogP contribution in [0.5, 0.6) is 0 Å². The minimum Gasteiger partial charge on any atom is -0.387 e. The number of nitrogens with one attached hydrogen (secondary N) is 1. The Bertz CT molecular complexity index is 1050. The highest BCUT2D eigenvalue weighted by Crippen LogP contribution is 2.29. The number of benzene rings is 3. The summed E-state index contributed by atoms with van der Waals surface area (Å²) < 4.78 is 2.36. The lowest BCUT2D eigenvalue weighted by atomic mass is 10.0. The number of nitrogens with zero attached hydrogens (tertiary/aromatic N) is 1. The van der Waals surface area contributed by atoms with Crippen LogP contribution in [0.15, 0.2) is 72.8 Å². The monoisotopic (exact) mass is 358 g/mol. The molecule has 3 nitrogen and oxygen atoms in total. The van der Waals surface area contributed by atoms with E-state index in [0.717, 1.165) is 18.7 Å². The molecule has 2 N–H and O–H groups in total. The maximum atomic E-state index is 10.5. The van der Waals surface area contributed by atoms with Gasteiger partial charge in [0.05, 0.1) is 6.10 Å². The highest BCUT2D eigenvalue weighted by Gasteiger charge is 2.16. The third-order valence-corrected chi connectivity index (χ3v) is 5.40. The molecule has 0 radical (unpaired) electrons. The summed E-state index contributed by atoms with van der Waals surface area (Å²) in [6.45, 7) is 5.90. The molecule has 0 amide bonds. The van der Waals surface area contributed by atoms with Gasteiger partial charge in [0.1, 0.15) is 0 Å². The largest absolute Gasteiger partial charge is 0.387 e. The zero-order valence-electron chi connectivity index (χ0n) is 15.9. The van der Waals surface area contributed by atoms with Crippen LogP contribution in [0.1, 0.15) is 31.1 Å². The molecule has 0 bridgehead atoms. The van der Waals surface area contributed by atoms with Crippen LogP contribution in [0.2, 0.25) is 0 Å². The maximum Gasteiger partial charge on any atom is 0.0940 e. The molecule has 3 aromatic carbocycles. The summed E-state index contributed by atoms with van der Waals surface area (Å²) >= 11 is 0. The van der Waals surface area contributed by atoms with Crippen LogP contribution < -0.4 is 5.32 Å². The van der Waals surface area contributed by atoms with Crippen molar-refractivity contribution < 1.29 is 5.11 Å². The van der Waals surface area contributed by atoms with Crippen LogP contribution in [0.3, 0.4) is 0 Å². The summed E-state index contributed by atoms with van der Waals surface area (Å²) in [5, 5.41) is 16.6. The Hall–Kier alpha value is -2.62. The molecule has 27 heavy (non-hydrogen) atoms. The molecule has 2 atom stereocenters. The highest BCUT2D eigenvalue weighted by atomic mass is 16.3. The SMILES string of the molecule is CCn1c2ccccc2c2cc(CN[C@H](C)[C@H](O)c3ccccc3)ccc21. The third kappa shape index (κ3) is 3.36. The van der Waals surface area contributed by atoms with Gasteiger partial charge in [-0.15, -0.1) is 0 Å². The number of aromatic nitrogens is 1. The van der Waals surface area contributed by atoms with Crippen LogP contribution in [0.25, 0.3) is 21.8 Å². The minimum atomic E-state index is -0.517. The smallest absolute Gasteiger partial charge is 0.0940 e. The zero-order valence-corrected chi connectivity index (χ0v) is 15.9. The van der Waals surface area contributed by atoms with Gasteiger partial charge in [0.15, 0.2) is 0 Å². The molecule has 0 spiro atoms. The van der Waals surface area contributed by atoms with Crippen LogP contribution in [-0.4, -0.2) is 15.7 Å². The van der Waals surface area contributed by atoms with Crippen molar-refractivity contribution in [2.24, 2.45) is 0 Å². The summed E-state index contributed by atoms with van der Waals surface area (Å²) in [6.07, 6.45) is -0.517. The van der Waals surface area contributed by atoms with Gasteiger partial charge in [-0.3, -0.25) is 0 Å². The van der Waals surface area contributed by atoms with Gasteiger partial charge in [-0.2, -0.15) is 0 Å². The van der Waals surface area contributed by atoms with Gasteiger partial charge in [-0.25, -0.2) is 0 Å². The molecule has 0 aliphatic heterocycles. The van der Waals surface area contributed by atoms with Crippen LogP contribution in [0.4, 0.5) is 0 Å². The Morgan fingerprint density at radius 3 is 2.37 bits per heavy atom. The van der Waals surface area contributed by atoms with E-state index in [2.05, 4.69) is 59.3 Å². The third-order valence-electron chi connectivity index (χ3n) is 5.40. The lowest BCUT2D eigenvalue weighted by molar-refractivity contribution is 0.135. The molecular weight excluding hydrogens is 332 g/mol. The molecule has 1 heterocycles. The van der Waals surface area contributed by atoms with E-state index < -0.39 is 6.10 Å². The zero-order chi connectivity index (χ0) is 18.8. The number of aliphatic hydroxyl groups excluding tert-OH is 1. The second kappa shape index (κ2) is 7.55. The summed E-state index contributed by atoms with van der Waals surface area (Å²) in [5.74, 6) is 0. The van der Waals surface area contributed by atoms with Gasteiger partial charge in [-0.05, 0) is 43.2 Å². The van der Waals surface area contributed by atoms with E-state index in [1.54, 1.807) is 0 Å². The van der Waals surface area contributed by atoms with Gasteiger partial charge in [0.25, 0.3) is 0 Å². The van der Waals surface area contributed by atoms with E-state index in [4.69, 9.17) is 0 Å². The Morgan fingerprint density at radius 2 is 1.59 bits per heavy atom. The molecule has 4 rings (SSSR count). The predicted octanol–water partition coefficient (Wildman–Crippen LogP) is 5.03. The molecule has 0 aliphatic rings. The van der Waals surface area contributed by atoms with Crippen molar-refractivity contribution in [3.63, 3.8) is 0 Å². The molecule has 3 heteroatoms. The second-order valence-corrected chi connectivity index (χ2v) is 7.14. The first-order valence-corrected chi connectivity index (χ1v) is 9.65. The molecule has 0 aliphatic carbocycles. The van der Waals surface area contributed by atoms with Crippen molar-refractivity contribution in [2.45, 2.75) is 39.1 Å². The molecule has 138 valence electrons. The average Bonchev–Trinajstić information content (AvgIpc) is 3.05. The number of para-hydroxylation sites is 1. The predicted molar refractivity (Wildman–Crippen MR) is 113 cm³/mol. The molecule has 0 saturated carbocycles. The topological polar surface area (TPSA) is 37.2 Å². The summed E-state index contributed by atoms with van der Waals surface area (Å²) in [5.41, 5.74) is 4.74. The number of hydrogen-bond acceptors (Lipinski definition) is 2. The molecule has 0 unspecified atom stereocenters. The van der Waals surface area contributed by atoms with Crippen molar-refractivity contribution in [3.8, 4) is 0 Å². The van der Waals surface area contributed by atoms with Gasteiger partial charge >= 0.3 is 0 Å². The van der Waals surface area contributed by atoms with E-state index in [9.17, 15) is 5.11 Å². The first kappa shape index (κ1) is 17.8. The van der Waals surface area contributed by atoms with Crippen molar-refractivity contribution >= 4 is 21.8 Å². The molecule has 0 saturated heterocycles. The van der Waals surface area contributed by atoms with Gasteiger partial charge in [0.2, 0.25) is 0 Å². The Balaban J connectivity index is 1.57. The van der Waals surface area contributed by atoms with E-state index >= 15 is 0 Å². The standard InChI is InChI=1S/C24H26N2O/c1-3-26-22-12-8-7-11-20(22)21-15-18(13-14-23(21)26)16-25-17(2)24(27)19-9-5-4-6-10-19/h4-15,17,24-25,27H,3,16H2,1-2H3/t17-,24+/m1/s1. The van der Waals surface area contributed by atoms with Crippen LogP contribution in [-0.2, 0) is 13.1 Å². The van der Waals surface area contributed by atoms with E-state index in [0.29, 0.717) is 0 Å². The van der Waals surface area contributed by atoms with Crippen molar-refractivity contribution in [1.82, 2.24) is 9.88 Å². The summed E-state index contributed by atoms with van der Waals surface area (Å²) in [4.78, 5) is 0. The Kier molecular flexibility index (Phi) is 4.97. The highest BCUT2D eigenvalue weighted by molar-refractivity contribution is 6.08. The number of aryl methyl sites for hydroxylation is 1. The first-order chi connectivity index (χ1) is 13.2. The van der Waals surface area contributed by atoms with Gasteiger partial charge < -0.3 is 15.0 Å². The van der Waals surface area contributed by atoms with Crippen molar-refractivity contribution in [3.05, 3.63) is 83.9 Å². The van der Waals surface area contributed by atoms with Crippen LogP contribution >= 0.6 is 0 Å². The lowest BCUT2D eigenvalue weighted by Crippen LogP contribution is -2.31. The second-order valence-electron chi connectivity index (χ2n) is 7.14. The lowest BCUT2D eigenvalue weighted by Gasteiger charge is -2.20. The summed E-state index contributed by atoms with van der Waals surface area (Å²) in [6, 6.07) is 25.1.